The first kappa shape index (κ1) is 23.4. The lowest BCUT2D eigenvalue weighted by Crippen LogP contribution is -2.54. The molecule has 0 saturated heterocycles. The lowest BCUT2D eigenvalue weighted by Gasteiger charge is -2.21. The number of hydrogen-bond donors (Lipinski definition) is 3. The molecule has 0 unspecified atom stereocenters. The SMILES string of the molecule is COC(=O)[C@H](Cc1cccc(C#N)c1)NC(=O)[C@H](CO)NC(=O)OCc1ccccc1. The van der Waals surface area contributed by atoms with E-state index < -0.39 is 36.7 Å². The van der Waals surface area contributed by atoms with Crippen LogP contribution in [0.3, 0.4) is 0 Å². The molecule has 0 aliphatic carbocycles. The van der Waals surface area contributed by atoms with Crippen molar-refractivity contribution in [3.63, 3.8) is 0 Å². The third kappa shape index (κ3) is 7.45. The molecule has 0 spiro atoms. The Morgan fingerprint density at radius 1 is 1.03 bits per heavy atom. The summed E-state index contributed by atoms with van der Waals surface area (Å²) in [5.41, 5.74) is 1.79. The van der Waals surface area contributed by atoms with Crippen LogP contribution in [0, 0.1) is 11.3 Å². The van der Waals surface area contributed by atoms with Gasteiger partial charge in [0.05, 0.1) is 25.3 Å². The zero-order chi connectivity index (χ0) is 22.6. The number of carbonyl (C=O) groups excluding carboxylic acids is 3. The van der Waals surface area contributed by atoms with Gasteiger partial charge in [0.15, 0.2) is 0 Å². The second-order valence-corrected chi connectivity index (χ2v) is 6.54. The number of amides is 2. The summed E-state index contributed by atoms with van der Waals surface area (Å²) in [6.07, 6.45) is -0.834. The Labute approximate surface area is 179 Å². The van der Waals surface area contributed by atoms with Gasteiger partial charge in [-0.1, -0.05) is 42.5 Å². The van der Waals surface area contributed by atoms with Crippen molar-refractivity contribution < 1.29 is 29.0 Å². The fraction of sp³-hybridized carbons (Fsp3) is 0.273. The minimum atomic E-state index is -1.33. The highest BCUT2D eigenvalue weighted by molar-refractivity contribution is 5.89. The molecule has 9 nitrogen and oxygen atoms in total. The number of aliphatic hydroxyl groups excluding tert-OH is 1. The Kier molecular flexibility index (Phi) is 9.01. The minimum absolute atomic E-state index is 0.00748. The van der Waals surface area contributed by atoms with Gasteiger partial charge in [0, 0.05) is 6.42 Å². The number of hydrogen-bond acceptors (Lipinski definition) is 7. The summed E-state index contributed by atoms with van der Waals surface area (Å²) >= 11 is 0. The molecule has 31 heavy (non-hydrogen) atoms. The number of nitrogens with zero attached hydrogens (tertiary/aromatic N) is 1. The van der Waals surface area contributed by atoms with Gasteiger partial charge < -0.3 is 25.2 Å². The Morgan fingerprint density at radius 3 is 2.39 bits per heavy atom. The number of aliphatic hydroxyl groups is 1. The maximum absolute atomic E-state index is 12.5. The molecule has 0 saturated carbocycles. The average molecular weight is 425 g/mol. The van der Waals surface area contributed by atoms with E-state index in [1.54, 1.807) is 48.5 Å². The van der Waals surface area contributed by atoms with Crippen LogP contribution in [-0.2, 0) is 32.1 Å². The van der Waals surface area contributed by atoms with Crippen LogP contribution in [0.2, 0.25) is 0 Å². The van der Waals surface area contributed by atoms with Gasteiger partial charge in [0.1, 0.15) is 18.7 Å². The van der Waals surface area contributed by atoms with Crippen molar-refractivity contribution in [3.8, 4) is 6.07 Å². The predicted octanol–water partition coefficient (Wildman–Crippen LogP) is 1.05. The standard InChI is InChI=1S/C22H23N3O6/c1-30-21(28)18(11-16-8-5-9-17(10-16)12-23)24-20(27)19(13-26)25-22(29)31-14-15-6-3-2-4-7-15/h2-10,18-19,26H,11,13-14H2,1H3,(H,24,27)(H,25,29)/t18-,19-/m0/s1. The Bertz CT molecular complexity index is 942. The first-order valence-electron chi connectivity index (χ1n) is 9.42. The van der Waals surface area contributed by atoms with Gasteiger partial charge in [0.25, 0.3) is 0 Å². The molecule has 2 aromatic rings. The minimum Gasteiger partial charge on any atom is -0.467 e. The number of esters is 1. The smallest absolute Gasteiger partial charge is 0.408 e. The summed E-state index contributed by atoms with van der Waals surface area (Å²) in [5, 5.41) is 23.2. The van der Waals surface area contributed by atoms with Gasteiger partial charge >= 0.3 is 12.1 Å². The number of nitrogens with one attached hydrogen (secondary N) is 2. The Morgan fingerprint density at radius 2 is 1.74 bits per heavy atom. The van der Waals surface area contributed by atoms with Gasteiger partial charge in [-0.3, -0.25) is 4.79 Å². The zero-order valence-corrected chi connectivity index (χ0v) is 16.9. The summed E-state index contributed by atoms with van der Waals surface area (Å²) in [5.74, 6) is -1.50. The summed E-state index contributed by atoms with van der Waals surface area (Å²) in [4.78, 5) is 36.6. The lowest BCUT2D eigenvalue weighted by atomic mass is 10.0. The van der Waals surface area contributed by atoms with Gasteiger partial charge in [-0.25, -0.2) is 9.59 Å². The van der Waals surface area contributed by atoms with E-state index in [1.807, 2.05) is 12.1 Å². The molecule has 3 N–H and O–H groups in total. The third-order valence-electron chi connectivity index (χ3n) is 4.30. The van der Waals surface area contributed by atoms with Crippen LogP contribution in [0.4, 0.5) is 4.79 Å². The molecule has 0 aliphatic rings. The van der Waals surface area contributed by atoms with Gasteiger partial charge in [0.2, 0.25) is 5.91 Å². The van der Waals surface area contributed by atoms with Crippen LogP contribution >= 0.6 is 0 Å². The molecular formula is C22H23N3O6. The van der Waals surface area contributed by atoms with Crippen molar-refractivity contribution in [3.05, 3.63) is 71.3 Å². The molecule has 0 radical (unpaired) electrons. The number of nitriles is 1. The highest BCUT2D eigenvalue weighted by atomic mass is 16.5. The largest absolute Gasteiger partial charge is 0.467 e. The van der Waals surface area contributed by atoms with Crippen molar-refractivity contribution in [2.75, 3.05) is 13.7 Å². The van der Waals surface area contributed by atoms with E-state index in [4.69, 9.17) is 14.7 Å². The number of benzene rings is 2. The van der Waals surface area contributed by atoms with E-state index in [2.05, 4.69) is 10.6 Å². The quantitative estimate of drug-likeness (QED) is 0.511. The summed E-state index contributed by atoms with van der Waals surface area (Å²) in [6.45, 7) is -0.712. The van der Waals surface area contributed by atoms with E-state index in [0.717, 1.165) is 5.56 Å². The summed E-state index contributed by atoms with van der Waals surface area (Å²) in [6, 6.07) is 15.1. The van der Waals surface area contributed by atoms with Crippen LogP contribution in [0.15, 0.2) is 54.6 Å². The second-order valence-electron chi connectivity index (χ2n) is 6.54. The van der Waals surface area contributed by atoms with Gasteiger partial charge in [-0.2, -0.15) is 5.26 Å². The molecule has 2 atom stereocenters. The first-order valence-corrected chi connectivity index (χ1v) is 9.42. The lowest BCUT2D eigenvalue weighted by molar-refractivity contribution is -0.145. The molecule has 9 heteroatoms. The molecule has 2 rings (SSSR count). The van der Waals surface area contributed by atoms with Crippen molar-refractivity contribution in [1.82, 2.24) is 10.6 Å². The fourth-order valence-electron chi connectivity index (χ4n) is 2.71. The van der Waals surface area contributed by atoms with E-state index in [1.165, 1.54) is 7.11 Å². The van der Waals surface area contributed by atoms with Crippen molar-refractivity contribution >= 4 is 18.0 Å². The van der Waals surface area contributed by atoms with Crippen LogP contribution < -0.4 is 10.6 Å². The molecule has 0 aliphatic heterocycles. The summed E-state index contributed by atoms with van der Waals surface area (Å²) in [7, 11) is 1.18. The van der Waals surface area contributed by atoms with Crippen LogP contribution in [0.25, 0.3) is 0 Å². The maximum Gasteiger partial charge on any atom is 0.408 e. The predicted molar refractivity (Wildman–Crippen MR) is 109 cm³/mol. The van der Waals surface area contributed by atoms with E-state index >= 15 is 0 Å². The van der Waals surface area contributed by atoms with Crippen molar-refractivity contribution in [2.45, 2.75) is 25.1 Å². The third-order valence-corrected chi connectivity index (χ3v) is 4.30. The number of alkyl carbamates (subject to hydrolysis) is 1. The Balaban J connectivity index is 1.98. The number of methoxy groups -OCH3 is 1. The average Bonchev–Trinajstić information content (AvgIpc) is 2.80. The number of ether oxygens (including phenoxy) is 2. The zero-order valence-electron chi connectivity index (χ0n) is 16.9. The van der Waals surface area contributed by atoms with Crippen LogP contribution in [0.5, 0.6) is 0 Å². The Hall–Kier alpha value is -3.90. The van der Waals surface area contributed by atoms with Gasteiger partial charge in [-0.15, -0.1) is 0 Å². The van der Waals surface area contributed by atoms with E-state index in [0.29, 0.717) is 11.1 Å². The van der Waals surface area contributed by atoms with Crippen LogP contribution in [0.1, 0.15) is 16.7 Å². The van der Waals surface area contributed by atoms with E-state index in [-0.39, 0.29) is 13.0 Å². The maximum atomic E-state index is 12.5. The fourth-order valence-corrected chi connectivity index (χ4v) is 2.71. The molecule has 0 fully saturated rings. The molecule has 0 aromatic heterocycles. The van der Waals surface area contributed by atoms with Gasteiger partial charge in [-0.05, 0) is 23.3 Å². The summed E-state index contributed by atoms with van der Waals surface area (Å²) < 4.78 is 9.77. The molecule has 2 aromatic carbocycles. The number of carbonyl (C=O) groups is 3. The van der Waals surface area contributed by atoms with Crippen LogP contribution in [-0.4, -0.2) is 48.9 Å². The monoisotopic (exact) mass is 425 g/mol. The van der Waals surface area contributed by atoms with E-state index in [9.17, 15) is 19.5 Å². The molecule has 2 amide bonds. The molecular weight excluding hydrogens is 402 g/mol. The first-order chi connectivity index (χ1) is 15.0. The topological polar surface area (TPSA) is 138 Å². The molecule has 0 bridgehead atoms. The number of rotatable bonds is 9. The normalized spacial score (nSPS) is 12.0. The molecule has 162 valence electrons. The molecule has 0 heterocycles. The van der Waals surface area contributed by atoms with Crippen molar-refractivity contribution in [2.24, 2.45) is 0 Å². The second kappa shape index (κ2) is 11.9. The van der Waals surface area contributed by atoms with Crippen molar-refractivity contribution in [1.29, 1.82) is 5.26 Å². The highest BCUT2D eigenvalue weighted by Gasteiger charge is 2.27. The highest BCUT2D eigenvalue weighted by Crippen LogP contribution is 2.09.